The third-order valence-corrected chi connectivity index (χ3v) is 6.33. The minimum absolute atomic E-state index is 0.128. The van der Waals surface area contributed by atoms with Gasteiger partial charge in [-0.2, -0.15) is 0 Å². The molecule has 0 bridgehead atoms. The minimum Gasteiger partial charge on any atom is -0.289 e. The van der Waals surface area contributed by atoms with Gasteiger partial charge < -0.3 is 0 Å². The summed E-state index contributed by atoms with van der Waals surface area (Å²) in [4.78, 5) is 13.0. The Balaban J connectivity index is 1.94. The fourth-order valence-corrected chi connectivity index (χ4v) is 4.90. The van der Waals surface area contributed by atoms with Crippen LogP contribution in [0.15, 0.2) is 69.9 Å². The molecule has 0 amide bonds. The van der Waals surface area contributed by atoms with E-state index in [4.69, 9.17) is 0 Å². The number of aryl methyl sites for hydroxylation is 1. The monoisotopic (exact) mass is 404 g/mol. The fourth-order valence-electron chi connectivity index (χ4n) is 3.44. The van der Waals surface area contributed by atoms with Crippen LogP contribution in [0.1, 0.15) is 5.56 Å². The Bertz CT molecular complexity index is 1380. The summed E-state index contributed by atoms with van der Waals surface area (Å²) in [6.45, 7) is 2.03. The molecule has 25 heavy (non-hydrogen) atoms. The molecule has 4 aromatic carbocycles. The SMILES string of the molecule is Cc1ccc2sc3cc4cc5ccc(Br)cc5cc4cc3c(=O)c2c1. The van der Waals surface area contributed by atoms with Gasteiger partial charge in [0.1, 0.15) is 0 Å². The van der Waals surface area contributed by atoms with Crippen molar-refractivity contribution in [1.29, 1.82) is 0 Å². The summed E-state index contributed by atoms with van der Waals surface area (Å²) in [5.41, 5.74) is 1.25. The van der Waals surface area contributed by atoms with E-state index in [9.17, 15) is 4.79 Å². The van der Waals surface area contributed by atoms with Gasteiger partial charge in [0, 0.05) is 24.6 Å². The van der Waals surface area contributed by atoms with Gasteiger partial charge in [-0.1, -0.05) is 33.6 Å². The average Bonchev–Trinajstić information content (AvgIpc) is 2.60. The zero-order valence-electron chi connectivity index (χ0n) is 13.5. The van der Waals surface area contributed by atoms with Gasteiger partial charge in [0.15, 0.2) is 5.43 Å². The van der Waals surface area contributed by atoms with E-state index in [0.29, 0.717) is 0 Å². The zero-order chi connectivity index (χ0) is 17.1. The number of benzene rings is 4. The van der Waals surface area contributed by atoms with Crippen molar-refractivity contribution >= 4 is 69.0 Å². The Kier molecular flexibility index (Phi) is 3.24. The molecule has 1 heterocycles. The molecule has 120 valence electrons. The lowest BCUT2D eigenvalue weighted by Gasteiger charge is -2.07. The van der Waals surface area contributed by atoms with E-state index in [1.807, 2.05) is 19.1 Å². The molecular formula is C22H13BrOS. The van der Waals surface area contributed by atoms with Crippen molar-refractivity contribution in [3.8, 4) is 0 Å². The molecule has 3 heteroatoms. The molecule has 0 saturated heterocycles. The van der Waals surface area contributed by atoms with Gasteiger partial charge >= 0.3 is 0 Å². The Morgan fingerprint density at radius 3 is 2.32 bits per heavy atom. The maximum absolute atomic E-state index is 13.0. The van der Waals surface area contributed by atoms with E-state index >= 15 is 0 Å². The molecule has 0 aliphatic heterocycles. The van der Waals surface area contributed by atoms with Crippen LogP contribution < -0.4 is 5.43 Å². The molecule has 0 saturated carbocycles. The molecule has 1 aromatic heterocycles. The molecule has 5 aromatic rings. The Morgan fingerprint density at radius 1 is 0.720 bits per heavy atom. The molecule has 0 aliphatic rings. The summed E-state index contributed by atoms with van der Waals surface area (Å²) >= 11 is 5.22. The first-order valence-electron chi connectivity index (χ1n) is 8.09. The third-order valence-electron chi connectivity index (χ3n) is 4.70. The van der Waals surface area contributed by atoms with Crippen LogP contribution in [0.2, 0.25) is 0 Å². The van der Waals surface area contributed by atoms with E-state index in [1.165, 1.54) is 16.2 Å². The second-order valence-electron chi connectivity index (χ2n) is 6.47. The Labute approximate surface area is 156 Å². The van der Waals surface area contributed by atoms with Crippen molar-refractivity contribution in [1.82, 2.24) is 0 Å². The van der Waals surface area contributed by atoms with Crippen LogP contribution in [0.25, 0.3) is 41.7 Å². The number of hydrogen-bond donors (Lipinski definition) is 0. The predicted molar refractivity (Wildman–Crippen MR) is 113 cm³/mol. The highest BCUT2D eigenvalue weighted by atomic mass is 79.9. The van der Waals surface area contributed by atoms with Crippen molar-refractivity contribution in [2.24, 2.45) is 0 Å². The van der Waals surface area contributed by atoms with Crippen molar-refractivity contribution in [3.63, 3.8) is 0 Å². The second kappa shape index (κ2) is 5.38. The largest absolute Gasteiger partial charge is 0.289 e. The van der Waals surface area contributed by atoms with E-state index in [2.05, 4.69) is 64.5 Å². The molecule has 0 N–H and O–H groups in total. The Morgan fingerprint density at radius 2 is 1.44 bits per heavy atom. The van der Waals surface area contributed by atoms with Crippen molar-refractivity contribution in [3.05, 3.63) is 80.9 Å². The maximum atomic E-state index is 13.0. The molecule has 1 nitrogen and oxygen atoms in total. The third kappa shape index (κ3) is 2.38. The zero-order valence-corrected chi connectivity index (χ0v) is 15.9. The first-order chi connectivity index (χ1) is 12.1. The van der Waals surface area contributed by atoms with E-state index in [-0.39, 0.29) is 5.43 Å². The highest BCUT2D eigenvalue weighted by Crippen LogP contribution is 2.31. The lowest BCUT2D eigenvalue weighted by molar-refractivity contribution is 1.51. The first kappa shape index (κ1) is 15.1. The summed E-state index contributed by atoms with van der Waals surface area (Å²) in [5.74, 6) is 0. The average molecular weight is 405 g/mol. The maximum Gasteiger partial charge on any atom is 0.195 e. The van der Waals surface area contributed by atoms with Crippen LogP contribution in [0.4, 0.5) is 0 Å². The molecular weight excluding hydrogens is 392 g/mol. The summed E-state index contributed by atoms with van der Waals surface area (Å²) in [6.07, 6.45) is 0. The van der Waals surface area contributed by atoms with Crippen LogP contribution in [0.3, 0.4) is 0 Å². The van der Waals surface area contributed by atoms with E-state index in [0.717, 1.165) is 35.6 Å². The summed E-state index contributed by atoms with van der Waals surface area (Å²) < 4.78 is 3.16. The van der Waals surface area contributed by atoms with Gasteiger partial charge in [-0.15, -0.1) is 11.3 Å². The van der Waals surface area contributed by atoms with Crippen molar-refractivity contribution < 1.29 is 0 Å². The molecule has 0 atom stereocenters. The second-order valence-corrected chi connectivity index (χ2v) is 8.47. The molecule has 5 rings (SSSR count). The van der Waals surface area contributed by atoms with Gasteiger partial charge in [0.2, 0.25) is 0 Å². The normalized spacial score (nSPS) is 11.8. The highest BCUT2D eigenvalue weighted by Gasteiger charge is 2.09. The molecule has 0 unspecified atom stereocenters. The fraction of sp³-hybridized carbons (Fsp3) is 0.0455. The Hall–Kier alpha value is -2.23. The minimum atomic E-state index is 0.128. The van der Waals surface area contributed by atoms with Crippen molar-refractivity contribution in [2.75, 3.05) is 0 Å². The van der Waals surface area contributed by atoms with Crippen LogP contribution in [-0.4, -0.2) is 0 Å². The topological polar surface area (TPSA) is 17.1 Å². The van der Waals surface area contributed by atoms with E-state index in [1.54, 1.807) is 11.3 Å². The molecule has 0 fully saturated rings. The number of halogens is 1. The standard InChI is InChI=1S/C22H13BrOS/c1-12-2-5-20-18(6-12)22(24)19-10-15-8-14-9-17(23)4-3-13(14)7-16(15)11-21(19)25-20/h2-11H,1H3. The number of rotatable bonds is 0. The smallest absolute Gasteiger partial charge is 0.195 e. The van der Waals surface area contributed by atoms with Gasteiger partial charge in [-0.25, -0.2) is 0 Å². The van der Waals surface area contributed by atoms with Crippen LogP contribution in [0.5, 0.6) is 0 Å². The van der Waals surface area contributed by atoms with Crippen LogP contribution in [0, 0.1) is 6.92 Å². The quantitative estimate of drug-likeness (QED) is 0.259. The van der Waals surface area contributed by atoms with Crippen LogP contribution >= 0.6 is 27.3 Å². The predicted octanol–water partition coefficient (Wildman–Crippen LogP) is 6.79. The first-order valence-corrected chi connectivity index (χ1v) is 9.70. The molecule has 0 aliphatic carbocycles. The van der Waals surface area contributed by atoms with Gasteiger partial charge in [-0.3, -0.25) is 4.79 Å². The highest BCUT2D eigenvalue weighted by molar-refractivity contribution is 9.10. The number of fused-ring (bicyclic) bond motifs is 4. The number of hydrogen-bond acceptors (Lipinski definition) is 2. The van der Waals surface area contributed by atoms with Crippen LogP contribution in [-0.2, 0) is 0 Å². The molecule has 0 spiro atoms. The van der Waals surface area contributed by atoms with Gasteiger partial charge in [-0.05, 0) is 77.0 Å². The van der Waals surface area contributed by atoms with Crippen molar-refractivity contribution in [2.45, 2.75) is 6.92 Å². The lowest BCUT2D eigenvalue weighted by Crippen LogP contribution is -2.01. The van der Waals surface area contributed by atoms with Gasteiger partial charge in [0.05, 0.1) is 0 Å². The summed E-state index contributed by atoms with van der Waals surface area (Å²) in [7, 11) is 0. The van der Waals surface area contributed by atoms with Gasteiger partial charge in [0.25, 0.3) is 0 Å². The molecule has 0 radical (unpaired) electrons. The lowest BCUT2D eigenvalue weighted by atomic mass is 10.0. The summed E-state index contributed by atoms with van der Waals surface area (Å²) in [6, 6.07) is 21.0. The van der Waals surface area contributed by atoms with E-state index < -0.39 is 0 Å². The summed E-state index contributed by atoms with van der Waals surface area (Å²) in [5, 5.41) is 6.29.